The number of nitrogens with one attached hydrogen (secondary N) is 1. The Kier molecular flexibility index (Phi) is 4.69. The van der Waals surface area contributed by atoms with Gasteiger partial charge in [0.1, 0.15) is 4.88 Å². The molecule has 2 heterocycles. The maximum Gasteiger partial charge on any atom is 0.263 e. The van der Waals surface area contributed by atoms with Gasteiger partial charge in [0, 0.05) is 19.6 Å². The van der Waals surface area contributed by atoms with Crippen molar-refractivity contribution in [2.24, 2.45) is 5.92 Å². The summed E-state index contributed by atoms with van der Waals surface area (Å²) in [6.07, 6.45) is 3.37. The largest absolute Gasteiger partial charge is 0.397 e. The van der Waals surface area contributed by atoms with Crippen LogP contribution in [0.3, 0.4) is 0 Å². The van der Waals surface area contributed by atoms with Gasteiger partial charge in [0.2, 0.25) is 0 Å². The van der Waals surface area contributed by atoms with E-state index in [4.69, 9.17) is 5.73 Å². The van der Waals surface area contributed by atoms with Crippen molar-refractivity contribution in [3.8, 4) is 0 Å². The van der Waals surface area contributed by atoms with Crippen molar-refractivity contribution in [1.29, 1.82) is 0 Å². The molecule has 1 aromatic heterocycles. The average molecular weight is 281 g/mol. The lowest BCUT2D eigenvalue weighted by molar-refractivity contribution is 0.0958. The van der Waals surface area contributed by atoms with Crippen molar-refractivity contribution in [3.63, 3.8) is 0 Å². The molecule has 1 aliphatic heterocycles. The lowest BCUT2D eigenvalue weighted by atomic mass is 9.99. The van der Waals surface area contributed by atoms with E-state index in [1.165, 1.54) is 24.2 Å². The molecule has 0 atom stereocenters. The number of hydrogen-bond acceptors (Lipinski definition) is 4. The Labute approximate surface area is 119 Å². The molecule has 1 aromatic rings. The average Bonchev–Trinajstić information content (AvgIpc) is 2.79. The highest BCUT2D eigenvalue weighted by Gasteiger charge is 2.21. The van der Waals surface area contributed by atoms with Crippen LogP contribution in [0.2, 0.25) is 0 Å². The lowest BCUT2D eigenvalue weighted by Crippen LogP contribution is -2.32. The molecule has 0 radical (unpaired) electrons. The van der Waals surface area contributed by atoms with Gasteiger partial charge in [0.05, 0.1) is 10.7 Å². The van der Waals surface area contributed by atoms with Gasteiger partial charge in [-0.3, -0.25) is 4.79 Å². The molecule has 0 unspecified atom stereocenters. The number of hydrogen-bond donors (Lipinski definition) is 2. The van der Waals surface area contributed by atoms with Gasteiger partial charge in [-0.1, -0.05) is 13.8 Å². The SMILES string of the molecule is CCCNC(=O)c1sc(N2CCC(C)CC2)cc1N. The second kappa shape index (κ2) is 6.28. The zero-order chi connectivity index (χ0) is 13.8. The van der Waals surface area contributed by atoms with Crippen molar-refractivity contribution >= 4 is 27.9 Å². The summed E-state index contributed by atoms with van der Waals surface area (Å²) in [5, 5.41) is 4.02. The summed E-state index contributed by atoms with van der Waals surface area (Å²) in [7, 11) is 0. The molecular weight excluding hydrogens is 258 g/mol. The third-order valence-electron chi connectivity index (χ3n) is 3.58. The number of piperidine rings is 1. The molecule has 1 amide bonds. The smallest absolute Gasteiger partial charge is 0.263 e. The Morgan fingerprint density at radius 2 is 2.21 bits per heavy atom. The van der Waals surface area contributed by atoms with Gasteiger partial charge < -0.3 is 16.0 Å². The number of thiophene rings is 1. The molecule has 0 aromatic carbocycles. The first-order valence-corrected chi connectivity index (χ1v) is 7.86. The van der Waals surface area contributed by atoms with Crippen LogP contribution < -0.4 is 16.0 Å². The highest BCUT2D eigenvalue weighted by molar-refractivity contribution is 7.18. The van der Waals surface area contributed by atoms with Crippen molar-refractivity contribution < 1.29 is 4.79 Å². The van der Waals surface area contributed by atoms with E-state index in [1.54, 1.807) is 0 Å². The van der Waals surface area contributed by atoms with Gasteiger partial charge >= 0.3 is 0 Å². The molecule has 4 nitrogen and oxygen atoms in total. The summed E-state index contributed by atoms with van der Waals surface area (Å²) in [6, 6.07) is 1.95. The Bertz CT molecular complexity index is 436. The van der Waals surface area contributed by atoms with Crippen LogP contribution in [0.1, 0.15) is 42.8 Å². The fourth-order valence-electron chi connectivity index (χ4n) is 2.27. The van der Waals surface area contributed by atoms with E-state index in [-0.39, 0.29) is 5.91 Å². The molecular formula is C14H23N3OS. The van der Waals surface area contributed by atoms with Gasteiger partial charge in [-0.15, -0.1) is 11.3 Å². The number of nitrogen functional groups attached to an aromatic ring is 1. The molecule has 0 aliphatic carbocycles. The molecule has 3 N–H and O–H groups in total. The molecule has 0 spiro atoms. The normalized spacial score (nSPS) is 16.6. The van der Waals surface area contributed by atoms with Crippen molar-refractivity contribution in [1.82, 2.24) is 5.32 Å². The van der Waals surface area contributed by atoms with Crippen LogP contribution in [0, 0.1) is 5.92 Å². The number of nitrogens with zero attached hydrogens (tertiary/aromatic N) is 1. The molecule has 106 valence electrons. The number of nitrogens with two attached hydrogens (primary N) is 1. The molecule has 1 fully saturated rings. The van der Waals surface area contributed by atoms with Crippen LogP contribution in [0.25, 0.3) is 0 Å². The molecule has 0 saturated carbocycles. The van der Waals surface area contributed by atoms with Crippen LogP contribution >= 0.6 is 11.3 Å². The van der Waals surface area contributed by atoms with Crippen LogP contribution in [-0.4, -0.2) is 25.5 Å². The van der Waals surface area contributed by atoms with E-state index in [9.17, 15) is 4.79 Å². The molecule has 1 aliphatic rings. The van der Waals surface area contributed by atoms with E-state index >= 15 is 0 Å². The van der Waals surface area contributed by atoms with Gasteiger partial charge in [-0.25, -0.2) is 0 Å². The first-order chi connectivity index (χ1) is 9.11. The Morgan fingerprint density at radius 3 is 2.84 bits per heavy atom. The van der Waals surface area contributed by atoms with Crippen LogP contribution in [-0.2, 0) is 0 Å². The number of amides is 1. The zero-order valence-corrected chi connectivity index (χ0v) is 12.6. The zero-order valence-electron chi connectivity index (χ0n) is 11.7. The van der Waals surface area contributed by atoms with Gasteiger partial charge in [0.15, 0.2) is 0 Å². The molecule has 2 rings (SSSR count). The van der Waals surface area contributed by atoms with Crippen LogP contribution in [0.15, 0.2) is 6.07 Å². The topological polar surface area (TPSA) is 58.4 Å². The highest BCUT2D eigenvalue weighted by Crippen LogP contribution is 2.34. The third-order valence-corrected chi connectivity index (χ3v) is 4.80. The minimum Gasteiger partial charge on any atom is -0.397 e. The minimum atomic E-state index is -0.0408. The highest BCUT2D eigenvalue weighted by atomic mass is 32.1. The summed E-state index contributed by atoms with van der Waals surface area (Å²) < 4.78 is 0. The quantitative estimate of drug-likeness (QED) is 0.892. The second-order valence-electron chi connectivity index (χ2n) is 5.29. The molecule has 19 heavy (non-hydrogen) atoms. The minimum absolute atomic E-state index is 0.0408. The second-order valence-corrected chi connectivity index (χ2v) is 6.33. The summed E-state index contributed by atoms with van der Waals surface area (Å²) >= 11 is 1.51. The molecule has 5 heteroatoms. The van der Waals surface area contributed by atoms with Crippen LogP contribution in [0.5, 0.6) is 0 Å². The predicted molar refractivity (Wildman–Crippen MR) is 82.0 cm³/mol. The fourth-order valence-corrected chi connectivity index (χ4v) is 3.32. The number of carbonyl (C=O) groups excluding carboxylic acids is 1. The van der Waals surface area contributed by atoms with Gasteiger partial charge in [-0.2, -0.15) is 0 Å². The third kappa shape index (κ3) is 3.41. The summed E-state index contributed by atoms with van der Waals surface area (Å²) in [4.78, 5) is 15.0. The maximum absolute atomic E-state index is 12.0. The Morgan fingerprint density at radius 1 is 1.53 bits per heavy atom. The first-order valence-electron chi connectivity index (χ1n) is 7.04. The van der Waals surface area contributed by atoms with E-state index in [0.717, 1.165) is 30.4 Å². The predicted octanol–water partition coefficient (Wildman–Crippen LogP) is 2.71. The lowest BCUT2D eigenvalue weighted by Gasteiger charge is -2.30. The standard InChI is InChI=1S/C14H23N3OS/c1-3-6-16-14(18)13-11(15)9-12(19-13)17-7-4-10(2)5-8-17/h9-10H,3-8,15H2,1-2H3,(H,16,18). The van der Waals surface area contributed by atoms with E-state index < -0.39 is 0 Å². The van der Waals surface area contributed by atoms with Crippen molar-refractivity contribution in [3.05, 3.63) is 10.9 Å². The van der Waals surface area contributed by atoms with Crippen molar-refractivity contribution in [2.75, 3.05) is 30.3 Å². The van der Waals surface area contributed by atoms with Gasteiger partial charge in [-0.05, 0) is 31.2 Å². The summed E-state index contributed by atoms with van der Waals surface area (Å²) in [6.45, 7) is 7.17. The van der Waals surface area contributed by atoms with E-state index in [2.05, 4.69) is 17.1 Å². The summed E-state index contributed by atoms with van der Waals surface area (Å²) in [5.74, 6) is 0.766. The maximum atomic E-state index is 12.0. The Balaban J connectivity index is 2.05. The van der Waals surface area contributed by atoms with E-state index in [0.29, 0.717) is 17.1 Å². The Hall–Kier alpha value is -1.23. The first kappa shape index (κ1) is 14.2. The fraction of sp³-hybridized carbons (Fsp3) is 0.643. The monoisotopic (exact) mass is 281 g/mol. The molecule has 0 bridgehead atoms. The summed E-state index contributed by atoms with van der Waals surface area (Å²) in [5.41, 5.74) is 6.57. The molecule has 1 saturated heterocycles. The van der Waals surface area contributed by atoms with Gasteiger partial charge in [0.25, 0.3) is 5.91 Å². The number of carbonyl (C=O) groups is 1. The number of rotatable bonds is 4. The number of anilines is 2. The van der Waals surface area contributed by atoms with Crippen molar-refractivity contribution in [2.45, 2.75) is 33.1 Å². The van der Waals surface area contributed by atoms with Crippen LogP contribution in [0.4, 0.5) is 10.7 Å². The van der Waals surface area contributed by atoms with E-state index in [1.807, 2.05) is 13.0 Å².